The van der Waals surface area contributed by atoms with E-state index in [4.69, 9.17) is 0 Å². The van der Waals surface area contributed by atoms with Gasteiger partial charge < -0.3 is 0 Å². The Balaban J connectivity index is 0.000000300. The van der Waals surface area contributed by atoms with Crippen LogP contribution in [-0.4, -0.2) is 89.1 Å². The number of benzene rings is 2. The first-order valence-corrected chi connectivity index (χ1v) is 21.8. The summed E-state index contributed by atoms with van der Waals surface area (Å²) in [6.45, 7) is 20.1. The van der Waals surface area contributed by atoms with Crippen molar-refractivity contribution in [1.29, 1.82) is 0 Å². The third-order valence-corrected chi connectivity index (χ3v) is 7.84. The first-order chi connectivity index (χ1) is 33.3. The van der Waals surface area contributed by atoms with E-state index < -0.39 is 0 Å². The molecule has 8 rings (SSSR count). The molecule has 0 aliphatic heterocycles. The van der Waals surface area contributed by atoms with Gasteiger partial charge in [-0.2, -0.15) is 37.5 Å². The molecule has 6 heterocycles. The van der Waals surface area contributed by atoms with Gasteiger partial charge in [0.2, 0.25) is 0 Å². The topological polar surface area (TPSA) is 237 Å². The van der Waals surface area contributed by atoms with Crippen LogP contribution in [0.4, 0.5) is 0 Å². The summed E-state index contributed by atoms with van der Waals surface area (Å²) in [6.07, 6.45) is 19.5. The van der Waals surface area contributed by atoms with Gasteiger partial charge in [-0.25, -0.2) is 19.2 Å². The van der Waals surface area contributed by atoms with Crippen LogP contribution in [0.25, 0.3) is 36.2 Å². The number of nitrogens with zero attached hydrogens (tertiary/aromatic N) is 18. The smallest absolute Gasteiger partial charge is 0.265 e. The zero-order chi connectivity index (χ0) is 50.1. The molecule has 6 aromatic heterocycles. The minimum Gasteiger partial charge on any atom is -0.265 e. The normalized spacial score (nSPS) is 10.3. The standard InChI is InChI=1S/2C11H12N4O.2C9H9N5O.3C2H6/c2*1-2-8-14-11(16)15(13-12-14)9-10-6-4-3-5-7-10;1-2-7-13-9(15)14(12-11-13)8-3-5-10-6-4-8;1-2-6-13-9(15)14(12-11-13)8-4-3-5-10-7-8;3*1-2/h2*2-8H,9H2,1H3;2*2-7H,1H3;3*1-2H3/b2*8-2-;7-2-;6-2-;;;. The zero-order valence-corrected chi connectivity index (χ0v) is 40.1. The minimum atomic E-state index is -0.318. The Morgan fingerprint density at radius 3 is 1.12 bits per heavy atom. The average Bonchev–Trinajstić information content (AvgIpc) is 4.16. The third-order valence-electron chi connectivity index (χ3n) is 7.84. The number of pyridine rings is 2. The number of allylic oxidation sites excluding steroid dienone is 4. The lowest BCUT2D eigenvalue weighted by atomic mass is 10.2. The Bertz CT molecular complexity index is 2740. The van der Waals surface area contributed by atoms with Crippen LogP contribution in [0.15, 0.2) is 153 Å². The second-order valence-electron chi connectivity index (χ2n) is 12.3. The Kier molecular flexibility index (Phi) is 26.0. The fourth-order valence-corrected chi connectivity index (χ4v) is 5.02. The SMILES string of the molecule is C/C=C\n1nnn(-c2cccnc2)c1=O.C/C=C\n1nnn(-c2ccncc2)c1=O.C/C=C\n1nnn(Cc2ccccc2)c1=O.C/C=C\n1nnn(Cc2ccccc2)c1=O.CC.CC.CC. The summed E-state index contributed by atoms with van der Waals surface area (Å²) in [6, 6.07) is 26.2. The lowest BCUT2D eigenvalue weighted by Gasteiger charge is -1.97. The molecular weight excluding hydrogens is 869 g/mol. The Hall–Kier alpha value is -8.82. The van der Waals surface area contributed by atoms with Gasteiger partial charge in [-0.05, 0) is 105 Å². The van der Waals surface area contributed by atoms with Gasteiger partial charge in [0, 0.05) is 43.4 Å². The summed E-state index contributed by atoms with van der Waals surface area (Å²) in [7, 11) is 0. The quantitative estimate of drug-likeness (QED) is 0.161. The summed E-state index contributed by atoms with van der Waals surface area (Å²) >= 11 is 0. The van der Waals surface area contributed by atoms with Crippen LogP contribution in [0.3, 0.4) is 0 Å². The highest BCUT2D eigenvalue weighted by Gasteiger charge is 2.08. The maximum atomic E-state index is 11.7. The van der Waals surface area contributed by atoms with Crippen molar-refractivity contribution in [2.24, 2.45) is 0 Å². The van der Waals surface area contributed by atoms with Crippen molar-refractivity contribution >= 4 is 24.8 Å². The fourth-order valence-electron chi connectivity index (χ4n) is 5.02. The fraction of sp³-hybridized carbons (Fsp3) is 0.261. The first kappa shape index (κ1) is 55.3. The maximum absolute atomic E-state index is 11.7. The van der Waals surface area contributed by atoms with Gasteiger partial charge in [0.25, 0.3) is 0 Å². The number of hydrogen-bond donors (Lipinski definition) is 0. The molecule has 358 valence electrons. The number of tetrazole rings is 4. The Labute approximate surface area is 393 Å². The molecule has 22 nitrogen and oxygen atoms in total. The van der Waals surface area contributed by atoms with E-state index in [1.54, 1.807) is 112 Å². The van der Waals surface area contributed by atoms with Gasteiger partial charge in [-0.3, -0.25) is 9.97 Å². The molecule has 0 aliphatic rings. The number of hydrogen-bond acceptors (Lipinski definition) is 14. The summed E-state index contributed by atoms with van der Waals surface area (Å²) in [5, 5.41) is 29.9. The third kappa shape index (κ3) is 17.0. The lowest BCUT2D eigenvalue weighted by Crippen LogP contribution is -2.23. The molecule has 0 bridgehead atoms. The average molecular weight is 929 g/mol. The summed E-state index contributed by atoms with van der Waals surface area (Å²) in [4.78, 5) is 54.6. The van der Waals surface area contributed by atoms with Gasteiger partial charge in [0.05, 0.1) is 30.7 Å². The second-order valence-corrected chi connectivity index (χ2v) is 12.3. The van der Waals surface area contributed by atoms with E-state index in [0.29, 0.717) is 24.5 Å². The highest BCUT2D eigenvalue weighted by Crippen LogP contribution is 2.01. The van der Waals surface area contributed by atoms with Crippen molar-refractivity contribution < 1.29 is 0 Å². The molecule has 0 N–H and O–H groups in total. The lowest BCUT2D eigenvalue weighted by molar-refractivity contribution is 0.632. The van der Waals surface area contributed by atoms with E-state index in [1.807, 2.05) is 116 Å². The van der Waals surface area contributed by atoms with Gasteiger partial charge in [-0.15, -0.1) is 0 Å². The van der Waals surface area contributed by atoms with E-state index in [1.165, 1.54) is 32.8 Å². The maximum Gasteiger partial charge on any atom is 0.372 e. The van der Waals surface area contributed by atoms with Crippen LogP contribution in [0.1, 0.15) is 80.4 Å². The molecule has 2 aromatic carbocycles. The number of rotatable bonds is 10. The van der Waals surface area contributed by atoms with Gasteiger partial charge >= 0.3 is 22.8 Å². The molecule has 0 spiro atoms. The molecule has 0 fully saturated rings. The summed E-state index contributed by atoms with van der Waals surface area (Å²) in [5.41, 5.74) is 2.20. The van der Waals surface area contributed by atoms with E-state index in [2.05, 4.69) is 51.7 Å². The highest BCUT2D eigenvalue weighted by molar-refractivity contribution is 5.28. The molecule has 0 saturated carbocycles. The predicted octanol–water partition coefficient (Wildman–Crippen LogP) is 5.67. The molecule has 68 heavy (non-hydrogen) atoms. The van der Waals surface area contributed by atoms with E-state index in [0.717, 1.165) is 15.8 Å². The van der Waals surface area contributed by atoms with Crippen LogP contribution < -0.4 is 22.8 Å². The van der Waals surface area contributed by atoms with E-state index in [-0.39, 0.29) is 22.8 Å². The monoisotopic (exact) mass is 929 g/mol. The Morgan fingerprint density at radius 1 is 0.382 bits per heavy atom. The first-order valence-electron chi connectivity index (χ1n) is 21.8. The van der Waals surface area contributed by atoms with Crippen molar-refractivity contribution in [1.82, 2.24) is 89.1 Å². The molecule has 0 saturated heterocycles. The molecule has 22 heteroatoms. The predicted molar refractivity (Wildman–Crippen MR) is 265 cm³/mol. The van der Waals surface area contributed by atoms with Crippen LogP contribution in [0, 0.1) is 0 Å². The van der Waals surface area contributed by atoms with E-state index in [9.17, 15) is 19.2 Å². The largest absolute Gasteiger partial charge is 0.372 e. The molecule has 0 atom stereocenters. The molecule has 0 unspecified atom stereocenters. The summed E-state index contributed by atoms with van der Waals surface area (Å²) in [5.74, 6) is 0. The van der Waals surface area contributed by atoms with Crippen molar-refractivity contribution in [2.45, 2.75) is 82.3 Å². The molecule has 0 amide bonds. The molecular formula is C46H60N18O4. The van der Waals surface area contributed by atoms with Crippen molar-refractivity contribution in [3.8, 4) is 11.4 Å². The van der Waals surface area contributed by atoms with Crippen molar-refractivity contribution in [3.63, 3.8) is 0 Å². The van der Waals surface area contributed by atoms with Gasteiger partial charge in [-0.1, -0.05) is 127 Å². The van der Waals surface area contributed by atoms with Gasteiger partial charge in [0.1, 0.15) is 0 Å². The molecule has 0 aliphatic carbocycles. The summed E-state index contributed by atoms with van der Waals surface area (Å²) < 4.78 is 9.80. The van der Waals surface area contributed by atoms with Crippen molar-refractivity contribution in [3.05, 3.63) is 187 Å². The zero-order valence-electron chi connectivity index (χ0n) is 40.1. The minimum absolute atomic E-state index is 0.234. The van der Waals surface area contributed by atoms with Crippen LogP contribution in [0.5, 0.6) is 0 Å². The van der Waals surface area contributed by atoms with Gasteiger partial charge in [0.15, 0.2) is 0 Å². The molecule has 0 radical (unpaired) electrons. The van der Waals surface area contributed by atoms with Crippen LogP contribution >= 0.6 is 0 Å². The van der Waals surface area contributed by atoms with Crippen molar-refractivity contribution in [2.75, 3.05) is 0 Å². The number of aromatic nitrogens is 18. The van der Waals surface area contributed by atoms with Crippen LogP contribution in [0.2, 0.25) is 0 Å². The Morgan fingerprint density at radius 2 is 0.750 bits per heavy atom. The molecule has 8 aromatic rings. The van der Waals surface area contributed by atoms with E-state index >= 15 is 0 Å². The van der Waals surface area contributed by atoms with Crippen LogP contribution in [-0.2, 0) is 13.1 Å². The highest BCUT2D eigenvalue weighted by atomic mass is 16.2. The second kappa shape index (κ2) is 31.9.